The van der Waals surface area contributed by atoms with Gasteiger partial charge in [-0.1, -0.05) is 11.3 Å². The molecule has 2 heterocycles. The molecule has 1 fully saturated rings. The van der Waals surface area contributed by atoms with E-state index in [4.69, 9.17) is 0 Å². The van der Waals surface area contributed by atoms with Crippen molar-refractivity contribution in [3.63, 3.8) is 0 Å². The van der Waals surface area contributed by atoms with Crippen molar-refractivity contribution in [1.82, 2.24) is 20.5 Å². The van der Waals surface area contributed by atoms with Crippen LogP contribution < -0.4 is 5.32 Å². The van der Waals surface area contributed by atoms with E-state index in [0.29, 0.717) is 6.04 Å². The Balaban J connectivity index is 1.74. The molecule has 0 unspecified atom stereocenters. The van der Waals surface area contributed by atoms with Crippen LogP contribution in [0.3, 0.4) is 0 Å². The number of hydrogen-bond acceptors (Lipinski definition) is 5. The van der Waals surface area contributed by atoms with Gasteiger partial charge in [-0.15, -0.1) is 10.2 Å². The molecule has 1 N–H and O–H groups in total. The second-order valence-corrected chi connectivity index (χ2v) is 5.47. The lowest BCUT2D eigenvalue weighted by Gasteiger charge is -1.96. The molecule has 0 amide bonds. The molecule has 17 heavy (non-hydrogen) atoms. The molecule has 2 aromatic rings. The predicted molar refractivity (Wildman–Crippen MR) is 67.7 cm³/mol. The van der Waals surface area contributed by atoms with Gasteiger partial charge >= 0.3 is 0 Å². The molecule has 1 saturated carbocycles. The van der Waals surface area contributed by atoms with E-state index in [-0.39, 0.29) is 0 Å². The van der Waals surface area contributed by atoms with E-state index in [1.54, 1.807) is 11.3 Å². The Kier molecular flexibility index (Phi) is 2.86. The number of aryl methyl sites for hydroxylation is 1. The zero-order chi connectivity index (χ0) is 11.7. The lowest BCUT2D eigenvalue weighted by atomic mass is 10.2. The minimum absolute atomic E-state index is 0.711. The van der Waals surface area contributed by atoms with Gasteiger partial charge in [0.25, 0.3) is 0 Å². The Morgan fingerprint density at radius 2 is 2.24 bits per heavy atom. The minimum atomic E-state index is 0.711. The zero-order valence-corrected chi connectivity index (χ0v) is 10.5. The average Bonchev–Trinajstić information content (AvgIpc) is 3.04. The number of hydrogen-bond donors (Lipinski definition) is 1. The third-order valence-corrected chi connectivity index (χ3v) is 3.68. The van der Waals surface area contributed by atoms with Crippen molar-refractivity contribution in [2.45, 2.75) is 32.4 Å². The Morgan fingerprint density at radius 1 is 1.35 bits per heavy atom. The second kappa shape index (κ2) is 4.50. The fourth-order valence-electron chi connectivity index (χ4n) is 1.63. The Labute approximate surface area is 104 Å². The SMILES string of the molecule is Cc1cncc(-c2nnc(CNC3CC3)s2)c1. The molecule has 1 aliphatic rings. The summed E-state index contributed by atoms with van der Waals surface area (Å²) in [6.07, 6.45) is 6.28. The lowest BCUT2D eigenvalue weighted by molar-refractivity contribution is 0.679. The van der Waals surface area contributed by atoms with E-state index >= 15 is 0 Å². The summed E-state index contributed by atoms with van der Waals surface area (Å²) in [4.78, 5) is 4.18. The normalized spacial score (nSPS) is 15.1. The van der Waals surface area contributed by atoms with E-state index < -0.39 is 0 Å². The van der Waals surface area contributed by atoms with Gasteiger partial charge in [0.2, 0.25) is 0 Å². The molecule has 0 aliphatic heterocycles. The van der Waals surface area contributed by atoms with Gasteiger partial charge in [0.05, 0.1) is 0 Å². The largest absolute Gasteiger partial charge is 0.308 e. The number of nitrogens with one attached hydrogen (secondary N) is 1. The molecule has 0 spiro atoms. The summed E-state index contributed by atoms with van der Waals surface area (Å²) in [5, 5.41) is 13.9. The first-order valence-corrected chi connectivity index (χ1v) is 6.61. The van der Waals surface area contributed by atoms with Crippen LogP contribution >= 0.6 is 11.3 Å². The second-order valence-electron chi connectivity index (χ2n) is 4.41. The van der Waals surface area contributed by atoms with Crippen LogP contribution in [0.5, 0.6) is 0 Å². The predicted octanol–water partition coefficient (Wildman–Crippen LogP) is 2.16. The van der Waals surface area contributed by atoms with Gasteiger partial charge in [-0.25, -0.2) is 0 Å². The van der Waals surface area contributed by atoms with Gasteiger partial charge in [0.1, 0.15) is 10.0 Å². The van der Waals surface area contributed by atoms with Crippen LogP contribution in [-0.2, 0) is 6.54 Å². The van der Waals surface area contributed by atoms with Crippen LogP contribution in [0, 0.1) is 6.92 Å². The Bertz CT molecular complexity index is 519. The summed E-state index contributed by atoms with van der Waals surface area (Å²) >= 11 is 1.64. The molecular weight excluding hydrogens is 232 g/mol. The average molecular weight is 246 g/mol. The minimum Gasteiger partial charge on any atom is -0.308 e. The highest BCUT2D eigenvalue weighted by atomic mass is 32.1. The lowest BCUT2D eigenvalue weighted by Crippen LogP contribution is -2.14. The van der Waals surface area contributed by atoms with Gasteiger partial charge in [-0.05, 0) is 31.4 Å². The summed E-state index contributed by atoms with van der Waals surface area (Å²) < 4.78 is 0. The molecule has 5 heteroatoms. The Hall–Kier alpha value is -1.33. The van der Waals surface area contributed by atoms with Crippen LogP contribution in [0.15, 0.2) is 18.5 Å². The van der Waals surface area contributed by atoms with Crippen molar-refractivity contribution in [2.75, 3.05) is 0 Å². The maximum Gasteiger partial charge on any atom is 0.149 e. The summed E-state index contributed by atoms with van der Waals surface area (Å²) in [5.74, 6) is 0. The van der Waals surface area contributed by atoms with Crippen molar-refractivity contribution in [1.29, 1.82) is 0 Å². The molecule has 2 aromatic heterocycles. The van der Waals surface area contributed by atoms with Crippen molar-refractivity contribution in [3.05, 3.63) is 29.0 Å². The molecule has 4 nitrogen and oxygen atoms in total. The van der Waals surface area contributed by atoms with Crippen LogP contribution in [0.1, 0.15) is 23.4 Å². The van der Waals surface area contributed by atoms with Crippen LogP contribution in [-0.4, -0.2) is 21.2 Å². The van der Waals surface area contributed by atoms with Gasteiger partial charge in [-0.3, -0.25) is 4.98 Å². The van der Waals surface area contributed by atoms with Gasteiger partial charge in [-0.2, -0.15) is 0 Å². The fraction of sp³-hybridized carbons (Fsp3) is 0.417. The number of aromatic nitrogens is 3. The first-order valence-electron chi connectivity index (χ1n) is 5.79. The first-order chi connectivity index (χ1) is 8.31. The molecule has 88 valence electrons. The smallest absolute Gasteiger partial charge is 0.149 e. The summed E-state index contributed by atoms with van der Waals surface area (Å²) in [7, 11) is 0. The van der Waals surface area contributed by atoms with Crippen LogP contribution in [0.25, 0.3) is 10.6 Å². The summed E-state index contributed by atoms with van der Waals surface area (Å²) in [5.41, 5.74) is 2.20. The van der Waals surface area contributed by atoms with E-state index in [0.717, 1.165) is 27.7 Å². The Morgan fingerprint density at radius 3 is 3.00 bits per heavy atom. The van der Waals surface area contributed by atoms with E-state index in [1.165, 1.54) is 12.8 Å². The van der Waals surface area contributed by atoms with Crippen molar-refractivity contribution in [3.8, 4) is 10.6 Å². The fourth-order valence-corrected chi connectivity index (χ4v) is 2.40. The number of pyridine rings is 1. The number of rotatable bonds is 4. The van der Waals surface area contributed by atoms with Crippen molar-refractivity contribution < 1.29 is 0 Å². The van der Waals surface area contributed by atoms with Crippen molar-refractivity contribution >= 4 is 11.3 Å². The quantitative estimate of drug-likeness (QED) is 0.898. The summed E-state index contributed by atoms with van der Waals surface area (Å²) in [6.45, 7) is 2.87. The topological polar surface area (TPSA) is 50.7 Å². The maximum atomic E-state index is 4.21. The van der Waals surface area contributed by atoms with E-state index in [2.05, 4.69) is 26.6 Å². The van der Waals surface area contributed by atoms with Gasteiger partial charge in [0, 0.05) is 30.5 Å². The van der Waals surface area contributed by atoms with Crippen LogP contribution in [0.4, 0.5) is 0 Å². The molecular formula is C12H14N4S. The highest BCUT2D eigenvalue weighted by Crippen LogP contribution is 2.24. The van der Waals surface area contributed by atoms with E-state index in [9.17, 15) is 0 Å². The highest BCUT2D eigenvalue weighted by Gasteiger charge is 2.20. The molecule has 0 radical (unpaired) electrons. The molecule has 0 saturated heterocycles. The molecule has 1 aliphatic carbocycles. The first kappa shape index (κ1) is 10.8. The summed E-state index contributed by atoms with van der Waals surface area (Å²) in [6, 6.07) is 2.80. The zero-order valence-electron chi connectivity index (χ0n) is 9.68. The van der Waals surface area contributed by atoms with Crippen LogP contribution in [0.2, 0.25) is 0 Å². The third kappa shape index (κ3) is 2.68. The molecule has 0 aromatic carbocycles. The van der Waals surface area contributed by atoms with Gasteiger partial charge in [0.15, 0.2) is 0 Å². The van der Waals surface area contributed by atoms with Gasteiger partial charge < -0.3 is 5.32 Å². The third-order valence-electron chi connectivity index (χ3n) is 2.71. The maximum absolute atomic E-state index is 4.21. The molecule has 0 bridgehead atoms. The number of nitrogens with zero attached hydrogens (tertiary/aromatic N) is 3. The molecule has 0 atom stereocenters. The molecule has 3 rings (SSSR count). The van der Waals surface area contributed by atoms with Crippen molar-refractivity contribution in [2.24, 2.45) is 0 Å². The standard InChI is InChI=1S/C12H14N4S/c1-8-4-9(6-13-5-8)12-16-15-11(17-12)7-14-10-2-3-10/h4-6,10,14H,2-3,7H2,1H3. The van der Waals surface area contributed by atoms with E-state index in [1.807, 2.05) is 19.3 Å². The monoisotopic (exact) mass is 246 g/mol. The highest BCUT2D eigenvalue weighted by molar-refractivity contribution is 7.14.